The fourth-order valence-corrected chi connectivity index (χ4v) is 1.82. The van der Waals surface area contributed by atoms with Crippen molar-refractivity contribution in [1.29, 1.82) is 0 Å². The van der Waals surface area contributed by atoms with Crippen molar-refractivity contribution in [2.24, 2.45) is 12.2 Å². The highest BCUT2D eigenvalue weighted by Crippen LogP contribution is 2.32. The number of nitrogens with zero attached hydrogens (tertiary/aromatic N) is 4. The summed E-state index contributed by atoms with van der Waals surface area (Å²) in [5.74, 6) is -0.478. The monoisotopic (exact) mass is 243 g/mol. The molecule has 4 nitrogen and oxygen atoms in total. The molecule has 1 heterocycles. The summed E-state index contributed by atoms with van der Waals surface area (Å²) < 4.78 is 15.8. The lowest BCUT2D eigenvalue weighted by molar-refractivity contribution is -0.660. The van der Waals surface area contributed by atoms with Crippen molar-refractivity contribution in [1.82, 2.24) is 0 Å². The Kier molecular flexibility index (Phi) is 3.26. The molecule has 0 spiro atoms. The molecule has 18 heavy (non-hydrogen) atoms. The van der Waals surface area contributed by atoms with E-state index in [4.69, 9.17) is 5.53 Å². The van der Waals surface area contributed by atoms with Crippen LogP contribution in [-0.2, 0) is 7.05 Å². The number of rotatable bonds is 2. The Morgan fingerprint density at radius 2 is 2.06 bits per heavy atom. The van der Waals surface area contributed by atoms with Crippen molar-refractivity contribution in [2.45, 2.75) is 6.92 Å². The number of hydrogen-bond acceptors (Lipinski definition) is 1. The third-order valence-corrected chi connectivity index (χ3v) is 2.78. The molecule has 0 atom stereocenters. The molecule has 5 heteroatoms. The van der Waals surface area contributed by atoms with Crippen LogP contribution in [0.25, 0.3) is 21.7 Å². The second-order valence-electron chi connectivity index (χ2n) is 3.98. The summed E-state index contributed by atoms with van der Waals surface area (Å²) in [5.41, 5.74) is 10.4. The summed E-state index contributed by atoms with van der Waals surface area (Å²) in [5, 5.41) is 3.48. The van der Waals surface area contributed by atoms with Gasteiger partial charge in [0, 0.05) is 17.0 Å². The second-order valence-corrected chi connectivity index (χ2v) is 3.98. The van der Waals surface area contributed by atoms with Gasteiger partial charge >= 0.3 is 0 Å². The molecule has 0 fully saturated rings. The molecular formula is C13H12FN4+. The summed E-state index contributed by atoms with van der Waals surface area (Å²) in [6.07, 6.45) is 1.85. The molecule has 0 saturated carbocycles. The van der Waals surface area contributed by atoms with E-state index in [0.717, 1.165) is 5.69 Å². The van der Waals surface area contributed by atoms with E-state index in [1.807, 2.05) is 36.0 Å². The molecule has 2 rings (SSSR count). The maximum atomic E-state index is 14.0. The van der Waals surface area contributed by atoms with E-state index >= 15 is 0 Å². The van der Waals surface area contributed by atoms with Crippen LogP contribution < -0.4 is 4.57 Å². The van der Waals surface area contributed by atoms with Crippen molar-refractivity contribution >= 4 is 5.69 Å². The molecule has 0 unspecified atom stereocenters. The first-order valence-electron chi connectivity index (χ1n) is 5.44. The highest BCUT2D eigenvalue weighted by molar-refractivity contribution is 5.72. The Labute approximate surface area is 104 Å². The van der Waals surface area contributed by atoms with Gasteiger partial charge in [-0.1, -0.05) is 11.2 Å². The summed E-state index contributed by atoms with van der Waals surface area (Å²) in [7, 11) is 1.85. The van der Waals surface area contributed by atoms with Gasteiger partial charge in [0.05, 0.1) is 11.3 Å². The molecule has 0 N–H and O–H groups in total. The van der Waals surface area contributed by atoms with Gasteiger partial charge in [0.15, 0.2) is 6.20 Å². The van der Waals surface area contributed by atoms with Crippen LogP contribution in [0.5, 0.6) is 0 Å². The normalized spacial score (nSPS) is 9.94. The van der Waals surface area contributed by atoms with Gasteiger partial charge in [-0.25, -0.2) is 8.96 Å². The number of aryl methyl sites for hydroxylation is 2. The SMILES string of the molecule is Cc1ccc(-c2cccc[n+]2C)c(N=[N+]=[N-])c1F. The molecule has 90 valence electrons. The lowest BCUT2D eigenvalue weighted by Gasteiger charge is -2.06. The Hall–Kier alpha value is -2.39. The van der Waals surface area contributed by atoms with Gasteiger partial charge in [-0.3, -0.25) is 0 Å². The van der Waals surface area contributed by atoms with Gasteiger partial charge in [0.25, 0.3) is 0 Å². The van der Waals surface area contributed by atoms with Crippen LogP contribution in [-0.4, -0.2) is 0 Å². The van der Waals surface area contributed by atoms with Crippen LogP contribution in [0.4, 0.5) is 10.1 Å². The topological polar surface area (TPSA) is 52.6 Å². The first kappa shape index (κ1) is 12.1. The minimum Gasteiger partial charge on any atom is -0.206 e. The van der Waals surface area contributed by atoms with Crippen molar-refractivity contribution in [3.63, 3.8) is 0 Å². The van der Waals surface area contributed by atoms with E-state index in [2.05, 4.69) is 10.0 Å². The molecular weight excluding hydrogens is 231 g/mol. The van der Waals surface area contributed by atoms with E-state index in [9.17, 15) is 4.39 Å². The third-order valence-electron chi connectivity index (χ3n) is 2.78. The second kappa shape index (κ2) is 4.85. The number of benzene rings is 1. The van der Waals surface area contributed by atoms with Crippen LogP contribution in [0.3, 0.4) is 0 Å². The van der Waals surface area contributed by atoms with E-state index in [1.165, 1.54) is 0 Å². The average Bonchev–Trinajstić information content (AvgIpc) is 2.37. The van der Waals surface area contributed by atoms with E-state index in [-0.39, 0.29) is 5.69 Å². The predicted molar refractivity (Wildman–Crippen MR) is 66.6 cm³/mol. The highest BCUT2D eigenvalue weighted by atomic mass is 19.1. The molecule has 0 amide bonds. The zero-order chi connectivity index (χ0) is 13.1. The summed E-state index contributed by atoms with van der Waals surface area (Å²) in [6.45, 7) is 1.64. The molecule has 2 aromatic rings. The number of hydrogen-bond donors (Lipinski definition) is 0. The van der Waals surface area contributed by atoms with Gasteiger partial charge in [-0.15, -0.1) is 0 Å². The fourth-order valence-electron chi connectivity index (χ4n) is 1.82. The van der Waals surface area contributed by atoms with E-state index in [1.54, 1.807) is 19.1 Å². The van der Waals surface area contributed by atoms with E-state index in [0.29, 0.717) is 11.1 Å². The maximum Gasteiger partial charge on any atom is 0.212 e. The predicted octanol–water partition coefficient (Wildman–Crippen LogP) is 3.57. The average molecular weight is 243 g/mol. The van der Waals surface area contributed by atoms with Gasteiger partial charge in [-0.2, -0.15) is 0 Å². The van der Waals surface area contributed by atoms with Crippen molar-refractivity contribution in [2.75, 3.05) is 0 Å². The lowest BCUT2D eigenvalue weighted by Crippen LogP contribution is -2.29. The molecule has 0 radical (unpaired) electrons. The molecule has 1 aromatic carbocycles. The Balaban J connectivity index is 2.76. The zero-order valence-electron chi connectivity index (χ0n) is 10.1. The van der Waals surface area contributed by atoms with Crippen molar-refractivity contribution < 1.29 is 8.96 Å². The van der Waals surface area contributed by atoms with Crippen LogP contribution in [0.1, 0.15) is 5.56 Å². The van der Waals surface area contributed by atoms with E-state index < -0.39 is 5.82 Å². The summed E-state index contributed by atoms with van der Waals surface area (Å²) >= 11 is 0. The molecule has 0 bridgehead atoms. The summed E-state index contributed by atoms with van der Waals surface area (Å²) in [6, 6.07) is 9.01. The van der Waals surface area contributed by atoms with Crippen LogP contribution in [0.2, 0.25) is 0 Å². The van der Waals surface area contributed by atoms with Crippen LogP contribution in [0, 0.1) is 12.7 Å². The standard InChI is InChI=1S/C13H12FN4/c1-9-6-7-10(13(12(9)14)16-17-15)11-5-3-4-8-18(11)2/h3-8H,1-2H3/q+1. The first-order valence-corrected chi connectivity index (χ1v) is 5.44. The van der Waals surface area contributed by atoms with Crippen LogP contribution >= 0.6 is 0 Å². The lowest BCUT2D eigenvalue weighted by atomic mass is 10.1. The molecule has 0 aliphatic carbocycles. The Morgan fingerprint density at radius 3 is 2.72 bits per heavy atom. The number of halogens is 1. The molecule has 0 aliphatic rings. The zero-order valence-corrected chi connectivity index (χ0v) is 10.1. The third kappa shape index (κ3) is 2.04. The molecule has 0 aliphatic heterocycles. The van der Waals surface area contributed by atoms with Gasteiger partial charge in [0.1, 0.15) is 12.9 Å². The van der Waals surface area contributed by atoms with Crippen molar-refractivity contribution in [3.8, 4) is 11.3 Å². The quantitative estimate of drug-likeness (QED) is 0.335. The maximum absolute atomic E-state index is 14.0. The molecule has 0 saturated heterocycles. The minimum absolute atomic E-state index is 0.0410. The highest BCUT2D eigenvalue weighted by Gasteiger charge is 2.17. The Bertz CT molecular complexity index is 645. The smallest absolute Gasteiger partial charge is 0.206 e. The minimum atomic E-state index is -0.478. The van der Waals surface area contributed by atoms with Gasteiger partial charge in [0.2, 0.25) is 5.69 Å². The molecule has 1 aromatic heterocycles. The van der Waals surface area contributed by atoms with Crippen molar-refractivity contribution in [3.05, 3.63) is 58.4 Å². The largest absolute Gasteiger partial charge is 0.212 e. The Morgan fingerprint density at radius 1 is 1.28 bits per heavy atom. The first-order chi connectivity index (χ1) is 8.65. The fraction of sp³-hybridized carbons (Fsp3) is 0.154. The van der Waals surface area contributed by atoms with Gasteiger partial charge in [-0.05, 0) is 30.2 Å². The summed E-state index contributed by atoms with van der Waals surface area (Å²) in [4.78, 5) is 2.70. The number of aromatic nitrogens is 1. The number of azide groups is 1. The van der Waals surface area contributed by atoms with Crippen LogP contribution in [0.15, 0.2) is 41.6 Å². The number of pyridine rings is 1. The van der Waals surface area contributed by atoms with Gasteiger partial charge < -0.3 is 0 Å².